The van der Waals surface area contributed by atoms with E-state index in [0.717, 1.165) is 55.7 Å². The van der Waals surface area contributed by atoms with Crippen molar-refractivity contribution in [3.63, 3.8) is 0 Å². The van der Waals surface area contributed by atoms with Crippen LogP contribution in [0.4, 0.5) is 5.69 Å². The Bertz CT molecular complexity index is 864. The summed E-state index contributed by atoms with van der Waals surface area (Å²) in [6.45, 7) is 5.15. The maximum atomic E-state index is 12.0. The zero-order valence-electron chi connectivity index (χ0n) is 13.6. The van der Waals surface area contributed by atoms with Crippen LogP contribution in [-0.2, 0) is 6.42 Å². The van der Waals surface area contributed by atoms with Gasteiger partial charge in [-0.05, 0) is 23.9 Å². The first-order valence-corrected chi connectivity index (χ1v) is 9.29. The zero-order valence-corrected chi connectivity index (χ0v) is 14.4. The number of hydrogen-bond acceptors (Lipinski definition) is 4. The first-order chi connectivity index (χ1) is 11.8. The number of anilines is 1. The number of para-hydroxylation sites is 1. The molecule has 1 N–H and O–H groups in total. The maximum Gasteiger partial charge on any atom is 0.250 e. The van der Waals surface area contributed by atoms with Crippen molar-refractivity contribution in [1.29, 1.82) is 0 Å². The molecule has 0 saturated carbocycles. The number of hydrogen-bond donors (Lipinski definition) is 1. The van der Waals surface area contributed by atoms with Gasteiger partial charge in [-0.25, -0.2) is 0 Å². The second-order valence-corrected chi connectivity index (χ2v) is 7.25. The molecule has 1 aliphatic rings. The van der Waals surface area contributed by atoms with Gasteiger partial charge in [0.25, 0.3) is 0 Å². The summed E-state index contributed by atoms with van der Waals surface area (Å²) in [6, 6.07) is 14.1. The van der Waals surface area contributed by atoms with Crippen LogP contribution in [0.2, 0.25) is 0 Å². The summed E-state index contributed by atoms with van der Waals surface area (Å²) in [5, 5.41) is 3.27. The summed E-state index contributed by atoms with van der Waals surface area (Å²) in [5.74, 6) is 0. The number of benzene rings is 1. The molecule has 0 spiro atoms. The monoisotopic (exact) mass is 339 g/mol. The molecule has 0 atom stereocenters. The van der Waals surface area contributed by atoms with Crippen LogP contribution in [0.25, 0.3) is 10.9 Å². The highest BCUT2D eigenvalue weighted by Gasteiger charge is 2.19. The molecule has 1 fully saturated rings. The lowest BCUT2D eigenvalue weighted by Crippen LogP contribution is -2.47. The van der Waals surface area contributed by atoms with Crippen molar-refractivity contribution < 1.29 is 0 Å². The molecule has 3 aromatic rings. The third-order valence-electron chi connectivity index (χ3n) is 4.70. The number of nitrogens with one attached hydrogen (secondary N) is 1. The minimum Gasteiger partial charge on any atom is -0.368 e. The van der Waals surface area contributed by atoms with Gasteiger partial charge in [0.2, 0.25) is 5.56 Å². The molecule has 1 aliphatic heterocycles. The zero-order chi connectivity index (χ0) is 16.4. The molecule has 0 bridgehead atoms. The van der Waals surface area contributed by atoms with E-state index in [9.17, 15) is 4.79 Å². The van der Waals surface area contributed by atoms with E-state index in [0.29, 0.717) is 0 Å². The maximum absolute atomic E-state index is 12.0. The number of H-pyrrole nitrogens is 1. The smallest absolute Gasteiger partial charge is 0.250 e. The Morgan fingerprint density at radius 1 is 1.04 bits per heavy atom. The molecule has 0 unspecified atom stereocenters. The van der Waals surface area contributed by atoms with Gasteiger partial charge in [-0.3, -0.25) is 9.69 Å². The highest BCUT2D eigenvalue weighted by molar-refractivity contribution is 7.09. The van der Waals surface area contributed by atoms with E-state index in [1.165, 1.54) is 4.88 Å². The summed E-state index contributed by atoms with van der Waals surface area (Å²) in [6.07, 6.45) is 1.13. The van der Waals surface area contributed by atoms with Crippen molar-refractivity contribution >= 4 is 27.9 Å². The van der Waals surface area contributed by atoms with Crippen LogP contribution < -0.4 is 10.5 Å². The van der Waals surface area contributed by atoms with E-state index in [2.05, 4.69) is 38.4 Å². The lowest BCUT2D eigenvalue weighted by molar-refractivity contribution is 0.261. The topological polar surface area (TPSA) is 39.3 Å². The van der Waals surface area contributed by atoms with Gasteiger partial charge in [0.15, 0.2) is 0 Å². The van der Waals surface area contributed by atoms with Crippen LogP contribution in [0.1, 0.15) is 4.88 Å². The summed E-state index contributed by atoms with van der Waals surface area (Å²) >= 11 is 1.84. The molecular formula is C19H21N3OS. The van der Waals surface area contributed by atoms with Crippen molar-refractivity contribution in [1.82, 2.24) is 9.88 Å². The lowest BCUT2D eigenvalue weighted by Gasteiger charge is -2.36. The molecule has 0 aliphatic carbocycles. The Morgan fingerprint density at radius 2 is 1.88 bits per heavy atom. The highest BCUT2D eigenvalue weighted by Crippen LogP contribution is 2.24. The van der Waals surface area contributed by atoms with Gasteiger partial charge in [0, 0.05) is 49.1 Å². The fraction of sp³-hybridized carbons (Fsp3) is 0.316. The van der Waals surface area contributed by atoms with Gasteiger partial charge in [-0.15, -0.1) is 11.3 Å². The molecule has 4 rings (SSSR count). The Kier molecular flexibility index (Phi) is 4.36. The van der Waals surface area contributed by atoms with Crippen molar-refractivity contribution in [3.05, 3.63) is 63.1 Å². The number of pyridine rings is 1. The van der Waals surface area contributed by atoms with Gasteiger partial charge < -0.3 is 9.88 Å². The number of thiophene rings is 1. The van der Waals surface area contributed by atoms with Crippen LogP contribution in [0.5, 0.6) is 0 Å². The standard InChI is InChI=1S/C19H21N3OS/c23-19-14-18(16-5-1-2-6-17(16)20-19)22-11-9-21(10-12-22)8-7-15-4-3-13-24-15/h1-6,13-14H,7-12H2,(H,20,23). The van der Waals surface area contributed by atoms with Crippen LogP contribution >= 0.6 is 11.3 Å². The Balaban J connectivity index is 1.45. The summed E-state index contributed by atoms with van der Waals surface area (Å²) in [4.78, 5) is 21.2. The fourth-order valence-corrected chi connectivity index (χ4v) is 4.08. The number of piperazine rings is 1. The molecule has 24 heavy (non-hydrogen) atoms. The molecule has 1 aromatic carbocycles. The second kappa shape index (κ2) is 6.79. The third kappa shape index (κ3) is 3.23. The van der Waals surface area contributed by atoms with Crippen LogP contribution in [-0.4, -0.2) is 42.6 Å². The predicted octanol–water partition coefficient (Wildman–Crippen LogP) is 2.95. The van der Waals surface area contributed by atoms with Crippen LogP contribution in [0, 0.1) is 0 Å². The lowest BCUT2D eigenvalue weighted by atomic mass is 10.1. The number of aromatic nitrogens is 1. The summed E-state index contributed by atoms with van der Waals surface area (Å²) in [5.41, 5.74) is 1.95. The van der Waals surface area contributed by atoms with Crippen molar-refractivity contribution in [2.75, 3.05) is 37.6 Å². The predicted molar refractivity (Wildman–Crippen MR) is 101 cm³/mol. The Hall–Kier alpha value is -2.11. The van der Waals surface area contributed by atoms with E-state index in [1.54, 1.807) is 6.07 Å². The molecule has 1 saturated heterocycles. The van der Waals surface area contributed by atoms with E-state index >= 15 is 0 Å². The number of aromatic amines is 1. The molecule has 124 valence electrons. The molecule has 0 amide bonds. The van der Waals surface area contributed by atoms with Crippen molar-refractivity contribution in [2.24, 2.45) is 0 Å². The molecule has 2 aromatic heterocycles. The Labute approximate surface area is 145 Å². The average Bonchev–Trinajstić information content (AvgIpc) is 3.13. The summed E-state index contributed by atoms with van der Waals surface area (Å²) < 4.78 is 0. The van der Waals surface area contributed by atoms with E-state index < -0.39 is 0 Å². The number of rotatable bonds is 4. The number of nitrogens with zero attached hydrogens (tertiary/aromatic N) is 2. The van der Waals surface area contributed by atoms with Gasteiger partial charge in [-0.1, -0.05) is 24.3 Å². The van der Waals surface area contributed by atoms with Crippen molar-refractivity contribution in [2.45, 2.75) is 6.42 Å². The summed E-state index contributed by atoms with van der Waals surface area (Å²) in [7, 11) is 0. The van der Waals surface area contributed by atoms with Crippen molar-refractivity contribution in [3.8, 4) is 0 Å². The van der Waals surface area contributed by atoms with E-state index in [4.69, 9.17) is 0 Å². The molecule has 4 nitrogen and oxygen atoms in total. The third-order valence-corrected chi connectivity index (χ3v) is 5.63. The normalized spacial score (nSPS) is 15.9. The number of fused-ring (bicyclic) bond motifs is 1. The minimum atomic E-state index is -0.0242. The van der Waals surface area contributed by atoms with Gasteiger partial charge in [0.05, 0.1) is 11.2 Å². The van der Waals surface area contributed by atoms with E-state index in [1.807, 2.05) is 29.5 Å². The van der Waals surface area contributed by atoms with Crippen LogP contribution in [0.3, 0.4) is 0 Å². The minimum absolute atomic E-state index is 0.0242. The first-order valence-electron chi connectivity index (χ1n) is 8.41. The molecular weight excluding hydrogens is 318 g/mol. The Morgan fingerprint density at radius 3 is 2.67 bits per heavy atom. The molecule has 5 heteroatoms. The quantitative estimate of drug-likeness (QED) is 0.794. The van der Waals surface area contributed by atoms with Gasteiger partial charge in [0.1, 0.15) is 0 Å². The van der Waals surface area contributed by atoms with Crippen LogP contribution in [0.15, 0.2) is 52.6 Å². The first kappa shape index (κ1) is 15.4. The molecule has 3 heterocycles. The average molecular weight is 339 g/mol. The molecule has 0 radical (unpaired) electrons. The highest BCUT2D eigenvalue weighted by atomic mass is 32.1. The van der Waals surface area contributed by atoms with E-state index in [-0.39, 0.29) is 5.56 Å². The largest absolute Gasteiger partial charge is 0.368 e. The fourth-order valence-electron chi connectivity index (χ4n) is 3.38. The second-order valence-electron chi connectivity index (χ2n) is 6.22. The van der Waals surface area contributed by atoms with Gasteiger partial charge in [-0.2, -0.15) is 0 Å². The SMILES string of the molecule is O=c1cc(N2CCN(CCc3cccs3)CC2)c2ccccc2[nH]1. The van der Waals surface area contributed by atoms with Gasteiger partial charge >= 0.3 is 0 Å².